The molecule has 1 aromatic heterocycles. The molecule has 1 atom stereocenters. The average Bonchev–Trinajstić information content (AvgIpc) is 2.06. The minimum Gasteiger partial charge on any atom is -0.626 e. The Morgan fingerprint density at radius 1 is 1.67 bits per heavy atom. The lowest BCUT2D eigenvalue weighted by Gasteiger charge is -2.16. The maximum Gasteiger partial charge on any atom is 0.309 e. The van der Waals surface area contributed by atoms with Gasteiger partial charge >= 0.3 is 5.91 Å². The zero-order valence-corrected chi connectivity index (χ0v) is 6.78. The summed E-state index contributed by atoms with van der Waals surface area (Å²) in [6.45, 7) is 1.38. The van der Waals surface area contributed by atoms with Gasteiger partial charge in [0.05, 0.1) is 12.6 Å². The molecule has 0 saturated carbocycles. The number of nitrogens with zero attached hydrogens (tertiary/aromatic N) is 1. The van der Waals surface area contributed by atoms with Crippen molar-refractivity contribution in [2.45, 2.75) is 13.5 Å². The molecule has 0 fully saturated rings. The maximum absolute atomic E-state index is 10.9. The van der Waals surface area contributed by atoms with Crippen LogP contribution in [0.3, 0.4) is 0 Å². The Morgan fingerprint density at radius 2 is 2.42 bits per heavy atom. The summed E-state index contributed by atoms with van der Waals surface area (Å²) in [6, 6.07) is 5.28. The number of hydrogen-bond donors (Lipinski definition) is 1. The molecule has 1 aromatic rings. The molecule has 0 radical (unpaired) electrons. The van der Waals surface area contributed by atoms with E-state index in [0.717, 1.165) is 0 Å². The van der Waals surface area contributed by atoms with Crippen LogP contribution in [0.4, 0.5) is 0 Å². The van der Waals surface area contributed by atoms with E-state index in [-0.39, 0.29) is 6.54 Å². The van der Waals surface area contributed by atoms with E-state index < -0.39 is 11.0 Å². The molecule has 1 unspecified atom stereocenters. The molecule has 0 aliphatic rings. The van der Waals surface area contributed by atoms with Crippen LogP contribution < -0.4 is 5.06 Å². The predicted octanol–water partition coefficient (Wildman–Crippen LogP) is -0.489. The Balaban J connectivity index is 2.58. The first-order valence-electron chi connectivity index (χ1n) is 3.64. The second-order valence-corrected chi connectivity index (χ2v) is 2.48. The standard InChI is InChI=1S/C8H10N2O2/c1-7(11)10(12)6-8-4-2-3-5-9-8/h2-5,10H,6H2,1H3. The van der Waals surface area contributed by atoms with Crippen molar-refractivity contribution < 1.29 is 9.86 Å². The van der Waals surface area contributed by atoms with E-state index in [4.69, 9.17) is 0 Å². The van der Waals surface area contributed by atoms with Gasteiger partial charge in [-0.25, -0.2) is 4.79 Å². The van der Waals surface area contributed by atoms with Crippen LogP contribution in [0, 0.1) is 5.21 Å². The van der Waals surface area contributed by atoms with Crippen LogP contribution in [0.15, 0.2) is 24.4 Å². The SMILES string of the molecule is CC(=O)[NH+]([O-])Cc1ccccn1. The van der Waals surface area contributed by atoms with E-state index in [1.165, 1.54) is 6.92 Å². The minimum absolute atomic E-state index is 0.107. The molecule has 1 rings (SSSR count). The highest BCUT2D eigenvalue weighted by molar-refractivity contribution is 5.63. The number of aromatic nitrogens is 1. The fourth-order valence-electron chi connectivity index (χ4n) is 0.792. The summed E-state index contributed by atoms with van der Waals surface area (Å²) in [6.07, 6.45) is 1.60. The van der Waals surface area contributed by atoms with Gasteiger partial charge in [0.15, 0.2) is 0 Å². The average molecular weight is 166 g/mol. The Kier molecular flexibility index (Phi) is 2.90. The monoisotopic (exact) mass is 166 g/mol. The van der Waals surface area contributed by atoms with Crippen LogP contribution in [-0.2, 0) is 11.3 Å². The molecule has 64 valence electrons. The van der Waals surface area contributed by atoms with Crippen LogP contribution in [0.2, 0.25) is 0 Å². The highest BCUT2D eigenvalue weighted by Crippen LogP contribution is 1.88. The minimum atomic E-state index is -0.416. The Bertz CT molecular complexity index is 261. The molecule has 0 bridgehead atoms. The van der Waals surface area contributed by atoms with Crippen molar-refractivity contribution >= 4 is 5.91 Å². The van der Waals surface area contributed by atoms with Gasteiger partial charge in [0, 0.05) is 6.20 Å². The van der Waals surface area contributed by atoms with Crippen LogP contribution >= 0.6 is 0 Å². The number of amides is 1. The van der Waals surface area contributed by atoms with E-state index >= 15 is 0 Å². The molecule has 4 nitrogen and oxygen atoms in total. The van der Waals surface area contributed by atoms with Crippen molar-refractivity contribution in [3.63, 3.8) is 0 Å². The number of quaternary nitrogens is 1. The second-order valence-electron chi connectivity index (χ2n) is 2.48. The summed E-state index contributed by atoms with van der Waals surface area (Å²) in [7, 11) is 0. The lowest BCUT2D eigenvalue weighted by molar-refractivity contribution is -0.779. The number of carbonyl (C=O) groups excluding carboxylic acids is 1. The van der Waals surface area contributed by atoms with Crippen LogP contribution in [0.25, 0.3) is 0 Å². The molecule has 1 N–H and O–H groups in total. The molecular formula is C8H10N2O2. The molecule has 1 amide bonds. The first kappa shape index (κ1) is 8.83. The quantitative estimate of drug-likeness (QED) is 0.603. The van der Waals surface area contributed by atoms with Gasteiger partial charge in [-0.1, -0.05) is 6.07 Å². The molecule has 0 aromatic carbocycles. The van der Waals surface area contributed by atoms with E-state index in [1.54, 1.807) is 24.4 Å². The predicted molar refractivity (Wildman–Crippen MR) is 43.0 cm³/mol. The molecular weight excluding hydrogens is 156 g/mol. The molecule has 0 spiro atoms. The van der Waals surface area contributed by atoms with Gasteiger partial charge in [-0.3, -0.25) is 4.98 Å². The van der Waals surface area contributed by atoms with Crippen molar-refractivity contribution in [3.8, 4) is 0 Å². The Morgan fingerprint density at radius 3 is 2.92 bits per heavy atom. The van der Waals surface area contributed by atoms with Gasteiger partial charge < -0.3 is 10.3 Å². The summed E-state index contributed by atoms with van der Waals surface area (Å²) in [5, 5.41) is 10.5. The Labute approximate surface area is 70.4 Å². The van der Waals surface area contributed by atoms with Crippen molar-refractivity contribution in [1.82, 2.24) is 4.98 Å². The first-order valence-corrected chi connectivity index (χ1v) is 3.64. The zero-order valence-electron chi connectivity index (χ0n) is 6.78. The van der Waals surface area contributed by atoms with Gasteiger partial charge in [-0.2, -0.15) is 0 Å². The van der Waals surface area contributed by atoms with Crippen LogP contribution in [0.5, 0.6) is 0 Å². The van der Waals surface area contributed by atoms with E-state index in [2.05, 4.69) is 4.98 Å². The van der Waals surface area contributed by atoms with Crippen LogP contribution in [-0.4, -0.2) is 10.9 Å². The van der Waals surface area contributed by atoms with E-state index in [9.17, 15) is 10.0 Å². The van der Waals surface area contributed by atoms with Crippen molar-refractivity contribution in [3.05, 3.63) is 35.3 Å². The fraction of sp³-hybridized carbons (Fsp3) is 0.250. The molecule has 0 aliphatic heterocycles. The number of carbonyl (C=O) groups is 1. The van der Waals surface area contributed by atoms with E-state index in [1.807, 2.05) is 0 Å². The third-order valence-electron chi connectivity index (χ3n) is 1.46. The van der Waals surface area contributed by atoms with Gasteiger partial charge in [-0.15, -0.1) is 0 Å². The lowest BCUT2D eigenvalue weighted by atomic mass is 10.3. The first-order chi connectivity index (χ1) is 5.70. The molecule has 12 heavy (non-hydrogen) atoms. The summed E-state index contributed by atoms with van der Waals surface area (Å²) in [5.41, 5.74) is 0.637. The normalized spacial score (nSPS) is 12.5. The molecule has 1 heterocycles. The van der Waals surface area contributed by atoms with Crippen molar-refractivity contribution in [1.29, 1.82) is 0 Å². The summed E-state index contributed by atoms with van der Waals surface area (Å²) in [5.74, 6) is -0.416. The number of nitrogens with one attached hydrogen (secondary N) is 1. The number of pyridine rings is 1. The van der Waals surface area contributed by atoms with Crippen molar-refractivity contribution in [2.75, 3.05) is 0 Å². The Hall–Kier alpha value is -1.26. The third kappa shape index (κ3) is 2.41. The summed E-state index contributed by atoms with van der Waals surface area (Å²) < 4.78 is 0. The largest absolute Gasteiger partial charge is 0.626 e. The molecule has 4 heteroatoms. The van der Waals surface area contributed by atoms with Crippen LogP contribution in [0.1, 0.15) is 12.6 Å². The maximum atomic E-state index is 10.9. The number of hydrogen-bond acceptors (Lipinski definition) is 3. The van der Waals surface area contributed by atoms with Gasteiger partial charge in [-0.05, 0) is 12.1 Å². The zero-order chi connectivity index (χ0) is 8.97. The van der Waals surface area contributed by atoms with Gasteiger partial charge in [0.2, 0.25) is 0 Å². The fourth-order valence-corrected chi connectivity index (χ4v) is 0.792. The smallest absolute Gasteiger partial charge is 0.309 e. The number of hydroxylamine groups is 2. The molecule has 0 aliphatic carbocycles. The van der Waals surface area contributed by atoms with Gasteiger partial charge in [0.25, 0.3) is 0 Å². The third-order valence-corrected chi connectivity index (χ3v) is 1.46. The number of rotatable bonds is 2. The highest BCUT2D eigenvalue weighted by Gasteiger charge is 2.04. The van der Waals surface area contributed by atoms with E-state index in [0.29, 0.717) is 5.69 Å². The summed E-state index contributed by atoms with van der Waals surface area (Å²) in [4.78, 5) is 14.5. The van der Waals surface area contributed by atoms with Crippen molar-refractivity contribution in [2.24, 2.45) is 0 Å². The molecule has 0 saturated heterocycles. The lowest BCUT2D eigenvalue weighted by Crippen LogP contribution is -3.08. The summed E-state index contributed by atoms with van der Waals surface area (Å²) >= 11 is 0. The highest BCUT2D eigenvalue weighted by atomic mass is 16.5. The van der Waals surface area contributed by atoms with Gasteiger partial charge in [0.1, 0.15) is 6.54 Å². The topological polar surface area (TPSA) is 57.5 Å². The second kappa shape index (κ2) is 3.94.